The monoisotopic (exact) mass is 398 g/mol. The zero-order chi connectivity index (χ0) is 20.3. The van der Waals surface area contributed by atoms with Gasteiger partial charge in [-0.25, -0.2) is 0 Å². The lowest BCUT2D eigenvalue weighted by atomic mass is 9.63. The number of carbonyl (C=O) groups excluding carboxylic acids is 2. The second-order valence-electron chi connectivity index (χ2n) is 7.17. The lowest BCUT2D eigenvalue weighted by molar-refractivity contribution is -0.147. The van der Waals surface area contributed by atoms with Crippen LogP contribution < -0.4 is 18.9 Å². The summed E-state index contributed by atoms with van der Waals surface area (Å²) in [5, 5.41) is 12.0. The van der Waals surface area contributed by atoms with Gasteiger partial charge in [0.2, 0.25) is 6.79 Å². The Hall–Kier alpha value is -3.26. The average Bonchev–Trinajstić information content (AvgIpc) is 3.36. The van der Waals surface area contributed by atoms with Crippen LogP contribution in [0.4, 0.5) is 0 Å². The highest BCUT2D eigenvalue weighted by Crippen LogP contribution is 2.53. The van der Waals surface area contributed by atoms with Gasteiger partial charge < -0.3 is 28.8 Å². The summed E-state index contributed by atoms with van der Waals surface area (Å²) >= 11 is 0. The van der Waals surface area contributed by atoms with Gasteiger partial charge in [0, 0.05) is 11.1 Å². The number of rotatable bonds is 3. The summed E-state index contributed by atoms with van der Waals surface area (Å²) in [6.45, 7) is -0.0537. The predicted octanol–water partition coefficient (Wildman–Crippen LogP) is 1.65. The number of benzene rings is 2. The zero-order valence-electron chi connectivity index (χ0n) is 15.8. The van der Waals surface area contributed by atoms with E-state index < -0.39 is 23.4 Å². The summed E-state index contributed by atoms with van der Waals surface area (Å²) in [5.74, 6) is -1.07. The van der Waals surface area contributed by atoms with Crippen molar-refractivity contribution in [1.82, 2.24) is 0 Å². The number of aliphatic hydroxyl groups is 1. The van der Waals surface area contributed by atoms with E-state index in [4.69, 9.17) is 23.7 Å². The van der Waals surface area contributed by atoms with E-state index >= 15 is 0 Å². The van der Waals surface area contributed by atoms with E-state index in [1.165, 1.54) is 14.2 Å². The van der Waals surface area contributed by atoms with Crippen molar-refractivity contribution < 1.29 is 38.4 Å². The molecule has 3 aliphatic rings. The topological polar surface area (TPSA) is 101 Å². The summed E-state index contributed by atoms with van der Waals surface area (Å²) in [6.07, 6.45) is 0. The highest BCUT2D eigenvalue weighted by atomic mass is 16.7. The molecule has 0 radical (unpaired) electrons. The van der Waals surface area contributed by atoms with Crippen LogP contribution in [0, 0.1) is 11.8 Å². The number of fused-ring (bicyclic) bond motifs is 3. The molecule has 0 spiro atoms. The molecule has 2 aromatic carbocycles. The Morgan fingerprint density at radius 3 is 2.45 bits per heavy atom. The van der Waals surface area contributed by atoms with E-state index in [9.17, 15) is 14.7 Å². The number of esters is 1. The molecule has 1 fully saturated rings. The maximum absolute atomic E-state index is 13.1. The molecular formula is C21H18O8. The quantitative estimate of drug-likeness (QED) is 0.779. The zero-order valence-corrected chi connectivity index (χ0v) is 15.8. The van der Waals surface area contributed by atoms with E-state index in [2.05, 4.69) is 0 Å². The fraction of sp³-hybridized carbons (Fsp3) is 0.333. The van der Waals surface area contributed by atoms with Crippen LogP contribution in [-0.4, -0.2) is 44.5 Å². The Bertz CT molecular complexity index is 1050. The summed E-state index contributed by atoms with van der Waals surface area (Å²) in [7, 11) is 2.99. The minimum Gasteiger partial charge on any atom is -0.493 e. The minimum absolute atomic E-state index is 0.0239. The number of cyclic esters (lactones) is 1. The molecule has 29 heavy (non-hydrogen) atoms. The van der Waals surface area contributed by atoms with Crippen molar-refractivity contribution in [3.63, 3.8) is 0 Å². The molecular weight excluding hydrogens is 380 g/mol. The van der Waals surface area contributed by atoms with E-state index in [0.29, 0.717) is 28.6 Å². The van der Waals surface area contributed by atoms with Gasteiger partial charge in [-0.3, -0.25) is 9.59 Å². The van der Waals surface area contributed by atoms with Crippen molar-refractivity contribution in [2.75, 3.05) is 27.6 Å². The number of Topliss-reactive ketones (excluding diaryl/α,β-unsaturated/α-hetero) is 1. The fourth-order valence-electron chi connectivity index (χ4n) is 4.45. The Morgan fingerprint density at radius 1 is 1.00 bits per heavy atom. The van der Waals surface area contributed by atoms with E-state index in [-0.39, 0.29) is 30.3 Å². The van der Waals surface area contributed by atoms with Gasteiger partial charge in [-0.15, -0.1) is 0 Å². The molecule has 0 unspecified atom stereocenters. The maximum atomic E-state index is 13.1. The maximum Gasteiger partial charge on any atom is 0.313 e. The normalized spacial score (nSPS) is 26.6. The smallest absolute Gasteiger partial charge is 0.313 e. The molecule has 150 valence electrons. The number of methoxy groups -OCH3 is 2. The van der Waals surface area contributed by atoms with Crippen molar-refractivity contribution in [2.45, 2.75) is 5.60 Å². The highest BCUT2D eigenvalue weighted by molar-refractivity contribution is 6.06. The van der Waals surface area contributed by atoms with Crippen LogP contribution in [0.2, 0.25) is 0 Å². The molecule has 2 heterocycles. The van der Waals surface area contributed by atoms with Gasteiger partial charge in [-0.05, 0) is 29.8 Å². The minimum atomic E-state index is -1.82. The molecule has 0 bridgehead atoms. The molecule has 8 heteroatoms. The van der Waals surface area contributed by atoms with Crippen molar-refractivity contribution in [1.29, 1.82) is 0 Å². The third-order valence-electron chi connectivity index (χ3n) is 5.86. The first-order valence-corrected chi connectivity index (χ1v) is 9.09. The van der Waals surface area contributed by atoms with E-state index in [0.717, 1.165) is 0 Å². The van der Waals surface area contributed by atoms with Gasteiger partial charge in [0.25, 0.3) is 0 Å². The molecule has 5 rings (SSSR count). The Morgan fingerprint density at radius 2 is 1.72 bits per heavy atom. The van der Waals surface area contributed by atoms with Crippen LogP contribution in [0.3, 0.4) is 0 Å². The van der Waals surface area contributed by atoms with Gasteiger partial charge in [-0.1, -0.05) is 6.07 Å². The Kier molecular flexibility index (Phi) is 3.76. The number of hydrogen-bond donors (Lipinski definition) is 1. The Labute approximate surface area is 165 Å². The van der Waals surface area contributed by atoms with Gasteiger partial charge in [-0.2, -0.15) is 0 Å². The van der Waals surface area contributed by atoms with E-state index in [1.54, 1.807) is 30.3 Å². The van der Waals surface area contributed by atoms with Gasteiger partial charge in [0.05, 0.1) is 20.1 Å². The number of hydrogen-bond acceptors (Lipinski definition) is 8. The summed E-state index contributed by atoms with van der Waals surface area (Å²) < 4.78 is 26.7. The molecule has 1 saturated heterocycles. The van der Waals surface area contributed by atoms with Gasteiger partial charge in [0.1, 0.15) is 18.1 Å². The lowest BCUT2D eigenvalue weighted by Crippen LogP contribution is -2.49. The second-order valence-corrected chi connectivity index (χ2v) is 7.17. The summed E-state index contributed by atoms with van der Waals surface area (Å²) in [4.78, 5) is 25.7. The third kappa shape index (κ3) is 2.29. The number of carbonyl (C=O) groups is 2. The molecule has 8 nitrogen and oxygen atoms in total. The summed E-state index contributed by atoms with van der Waals surface area (Å²) in [6, 6.07) is 8.02. The van der Waals surface area contributed by atoms with E-state index in [1.807, 2.05) is 0 Å². The molecule has 2 aliphatic heterocycles. The van der Waals surface area contributed by atoms with Gasteiger partial charge >= 0.3 is 5.97 Å². The predicted molar refractivity (Wildman–Crippen MR) is 97.4 cm³/mol. The average molecular weight is 398 g/mol. The molecule has 0 aromatic heterocycles. The third-order valence-corrected chi connectivity index (χ3v) is 5.86. The van der Waals surface area contributed by atoms with Crippen molar-refractivity contribution in [3.05, 3.63) is 47.0 Å². The first kappa shape index (κ1) is 17.8. The lowest BCUT2D eigenvalue weighted by Gasteiger charge is -2.40. The van der Waals surface area contributed by atoms with Crippen molar-refractivity contribution >= 4 is 11.8 Å². The van der Waals surface area contributed by atoms with Crippen LogP contribution in [0.1, 0.15) is 21.5 Å². The summed E-state index contributed by atoms with van der Waals surface area (Å²) in [5.41, 5.74) is -0.871. The molecule has 0 saturated carbocycles. The standard InChI is InChI=1S/C21H18O8/c1-25-14-4-3-10(5-15(14)26-2)21(24)13-7-17-16(28-9-29-17)6-11(13)19(22)12-8-27-20(23)18(12)21/h3-7,12,18,24H,8-9H2,1-2H3/t12-,18-,21+/m1/s1. The van der Waals surface area contributed by atoms with Crippen molar-refractivity contribution in [3.8, 4) is 23.0 Å². The largest absolute Gasteiger partial charge is 0.493 e. The SMILES string of the molecule is COc1ccc([C@]2(O)c3cc4c(cc3C(=O)[C@@H]3COC(=O)[C@@H]32)OCO4)cc1OC. The Balaban J connectivity index is 1.79. The fourth-order valence-corrected chi connectivity index (χ4v) is 4.45. The molecule has 1 aliphatic carbocycles. The molecule has 1 N–H and O–H groups in total. The first-order valence-electron chi connectivity index (χ1n) is 9.09. The van der Waals surface area contributed by atoms with Crippen molar-refractivity contribution in [2.24, 2.45) is 11.8 Å². The number of ketones is 1. The van der Waals surface area contributed by atoms with Crippen LogP contribution in [0.25, 0.3) is 0 Å². The van der Waals surface area contributed by atoms with Crippen LogP contribution in [0.5, 0.6) is 23.0 Å². The van der Waals surface area contributed by atoms with Crippen LogP contribution in [-0.2, 0) is 15.1 Å². The number of ether oxygens (including phenoxy) is 5. The molecule has 3 atom stereocenters. The highest BCUT2D eigenvalue weighted by Gasteiger charge is 2.60. The van der Waals surface area contributed by atoms with Crippen LogP contribution >= 0.6 is 0 Å². The molecule has 0 amide bonds. The van der Waals surface area contributed by atoms with Gasteiger partial charge in [0.15, 0.2) is 28.8 Å². The van der Waals surface area contributed by atoms with Crippen LogP contribution in [0.15, 0.2) is 30.3 Å². The first-order chi connectivity index (χ1) is 14.0. The second kappa shape index (κ2) is 6.12. The molecule has 2 aromatic rings.